The van der Waals surface area contributed by atoms with Gasteiger partial charge < -0.3 is 4.42 Å². The van der Waals surface area contributed by atoms with Crippen molar-refractivity contribution in [3.05, 3.63) is 41.9 Å². The summed E-state index contributed by atoms with van der Waals surface area (Å²) in [7, 11) is 0. The van der Waals surface area contributed by atoms with Crippen molar-refractivity contribution in [2.75, 3.05) is 0 Å². The summed E-state index contributed by atoms with van der Waals surface area (Å²) in [5.41, 5.74) is 2.00. The highest BCUT2D eigenvalue weighted by atomic mass is 16.4. The molecule has 3 heteroatoms. The van der Waals surface area contributed by atoms with Crippen LogP contribution in [0.15, 0.2) is 34.7 Å². The van der Waals surface area contributed by atoms with Crippen LogP contribution in [-0.4, -0.2) is 4.98 Å². The highest BCUT2D eigenvalue weighted by molar-refractivity contribution is 5.59. The normalized spacial score (nSPS) is 10.1. The Morgan fingerprint density at radius 3 is 2.71 bits per heavy atom. The van der Waals surface area contributed by atoms with Crippen LogP contribution in [0.5, 0.6) is 0 Å². The molecule has 0 aliphatic rings. The van der Waals surface area contributed by atoms with E-state index in [2.05, 4.69) is 18.0 Å². The molecule has 17 heavy (non-hydrogen) atoms. The lowest BCUT2D eigenvalue weighted by Crippen LogP contribution is -1.86. The van der Waals surface area contributed by atoms with Gasteiger partial charge in [0.15, 0.2) is 11.7 Å². The Labute approximate surface area is 101 Å². The summed E-state index contributed by atoms with van der Waals surface area (Å²) in [5, 5.41) is 8.56. The maximum Gasteiger partial charge on any atom is 0.196 e. The molecule has 0 saturated heterocycles. The fourth-order valence-corrected chi connectivity index (χ4v) is 1.73. The maximum absolute atomic E-state index is 8.56. The number of oxazole rings is 1. The lowest BCUT2D eigenvalue weighted by molar-refractivity contribution is 0.507. The van der Waals surface area contributed by atoms with Crippen molar-refractivity contribution in [2.45, 2.75) is 26.2 Å². The van der Waals surface area contributed by atoms with Gasteiger partial charge in [-0.25, -0.2) is 4.98 Å². The predicted molar refractivity (Wildman–Crippen MR) is 65.3 cm³/mol. The number of nitrogens with zero attached hydrogens (tertiary/aromatic N) is 2. The van der Waals surface area contributed by atoms with Crippen LogP contribution in [-0.2, 0) is 12.8 Å². The molecule has 3 nitrogen and oxygen atoms in total. The summed E-state index contributed by atoms with van der Waals surface area (Å²) >= 11 is 0. The molecule has 1 heterocycles. The molecule has 1 aromatic heterocycles. The van der Waals surface area contributed by atoms with Gasteiger partial charge in [-0.1, -0.05) is 37.3 Å². The van der Waals surface area contributed by atoms with Gasteiger partial charge in [-0.2, -0.15) is 5.26 Å². The van der Waals surface area contributed by atoms with Crippen LogP contribution in [0.2, 0.25) is 0 Å². The van der Waals surface area contributed by atoms with E-state index in [1.165, 1.54) is 0 Å². The number of rotatable bonds is 4. The molecule has 0 radical (unpaired) electrons. The average molecular weight is 226 g/mol. The Balaban J connectivity index is 2.34. The fraction of sp³-hybridized carbons (Fsp3) is 0.286. The Kier molecular flexibility index (Phi) is 3.56. The van der Waals surface area contributed by atoms with E-state index in [0.717, 1.165) is 23.4 Å². The highest BCUT2D eigenvalue weighted by Gasteiger charge is 2.12. The van der Waals surface area contributed by atoms with Crippen LogP contribution < -0.4 is 0 Å². The second kappa shape index (κ2) is 5.31. The van der Waals surface area contributed by atoms with Gasteiger partial charge in [0, 0.05) is 18.4 Å². The number of benzene rings is 1. The lowest BCUT2D eigenvalue weighted by atomic mass is 10.1. The third-order valence-electron chi connectivity index (χ3n) is 2.56. The SMILES string of the molecule is CCc1nc(CCC#N)oc1-c1ccccc1. The third kappa shape index (κ3) is 2.54. The second-order valence-electron chi connectivity index (χ2n) is 3.76. The van der Waals surface area contributed by atoms with Gasteiger partial charge in [0.2, 0.25) is 0 Å². The van der Waals surface area contributed by atoms with Gasteiger partial charge in [-0.3, -0.25) is 0 Å². The van der Waals surface area contributed by atoms with Gasteiger partial charge >= 0.3 is 0 Å². The van der Waals surface area contributed by atoms with E-state index in [1.54, 1.807) is 0 Å². The molecule has 1 aromatic carbocycles. The second-order valence-corrected chi connectivity index (χ2v) is 3.76. The number of aryl methyl sites for hydroxylation is 2. The minimum Gasteiger partial charge on any atom is -0.440 e. The summed E-state index contributed by atoms with van der Waals surface area (Å²) in [4.78, 5) is 4.42. The number of nitriles is 1. The van der Waals surface area contributed by atoms with Gasteiger partial charge in [0.1, 0.15) is 0 Å². The molecule has 0 spiro atoms. The Hall–Kier alpha value is -2.08. The zero-order chi connectivity index (χ0) is 12.1. The molecule has 0 aliphatic heterocycles. The van der Waals surface area contributed by atoms with Crippen molar-refractivity contribution < 1.29 is 4.42 Å². The molecule has 2 aromatic rings. The van der Waals surface area contributed by atoms with E-state index in [0.29, 0.717) is 18.7 Å². The molecule has 0 bridgehead atoms. The standard InChI is InChI=1S/C14H14N2O/c1-2-12-14(11-7-4-3-5-8-11)17-13(16-12)9-6-10-15/h3-5,7-8H,2,6,9H2,1H3. The van der Waals surface area contributed by atoms with Crippen molar-refractivity contribution in [2.24, 2.45) is 0 Å². The Morgan fingerprint density at radius 1 is 1.29 bits per heavy atom. The van der Waals surface area contributed by atoms with Crippen molar-refractivity contribution in [3.8, 4) is 17.4 Å². The first-order valence-corrected chi connectivity index (χ1v) is 5.76. The van der Waals surface area contributed by atoms with Crippen molar-refractivity contribution in [3.63, 3.8) is 0 Å². The number of hydrogen-bond donors (Lipinski definition) is 0. The molecule has 0 N–H and O–H groups in total. The first-order valence-electron chi connectivity index (χ1n) is 5.76. The van der Waals surface area contributed by atoms with E-state index in [4.69, 9.17) is 9.68 Å². The van der Waals surface area contributed by atoms with Crippen LogP contribution >= 0.6 is 0 Å². The van der Waals surface area contributed by atoms with Crippen molar-refractivity contribution >= 4 is 0 Å². The first kappa shape index (κ1) is 11.4. The summed E-state index contributed by atoms with van der Waals surface area (Å²) in [6.45, 7) is 2.05. The minimum absolute atomic E-state index is 0.442. The fourth-order valence-electron chi connectivity index (χ4n) is 1.73. The molecular formula is C14H14N2O. The van der Waals surface area contributed by atoms with Gasteiger partial charge in [0.25, 0.3) is 0 Å². The van der Waals surface area contributed by atoms with E-state index in [-0.39, 0.29) is 0 Å². The predicted octanol–water partition coefficient (Wildman–Crippen LogP) is 3.36. The first-order chi connectivity index (χ1) is 8.35. The monoisotopic (exact) mass is 226 g/mol. The molecule has 0 fully saturated rings. The number of hydrogen-bond acceptors (Lipinski definition) is 3. The highest BCUT2D eigenvalue weighted by Crippen LogP contribution is 2.25. The quantitative estimate of drug-likeness (QED) is 0.803. The molecule has 0 unspecified atom stereocenters. The zero-order valence-electron chi connectivity index (χ0n) is 9.81. The summed E-state index contributed by atoms with van der Waals surface area (Å²) < 4.78 is 5.73. The van der Waals surface area contributed by atoms with Crippen molar-refractivity contribution in [1.82, 2.24) is 4.98 Å². The zero-order valence-corrected chi connectivity index (χ0v) is 9.81. The molecule has 0 atom stereocenters. The molecular weight excluding hydrogens is 212 g/mol. The van der Waals surface area contributed by atoms with Crippen LogP contribution in [0, 0.1) is 11.3 Å². The summed E-state index contributed by atoms with van der Waals surface area (Å²) in [6.07, 6.45) is 1.86. The molecule has 0 amide bonds. The van der Waals surface area contributed by atoms with E-state index >= 15 is 0 Å². The number of aromatic nitrogens is 1. The largest absolute Gasteiger partial charge is 0.440 e. The van der Waals surface area contributed by atoms with E-state index < -0.39 is 0 Å². The topological polar surface area (TPSA) is 49.8 Å². The summed E-state index contributed by atoms with van der Waals surface area (Å²) in [6, 6.07) is 12.0. The molecule has 2 rings (SSSR count). The molecule has 0 aliphatic carbocycles. The minimum atomic E-state index is 0.442. The third-order valence-corrected chi connectivity index (χ3v) is 2.56. The Bertz CT molecular complexity index is 523. The lowest BCUT2D eigenvalue weighted by Gasteiger charge is -1.97. The maximum atomic E-state index is 8.56. The van der Waals surface area contributed by atoms with E-state index in [9.17, 15) is 0 Å². The molecule has 86 valence electrons. The summed E-state index contributed by atoms with van der Waals surface area (Å²) in [5.74, 6) is 1.49. The van der Waals surface area contributed by atoms with Crippen molar-refractivity contribution in [1.29, 1.82) is 5.26 Å². The van der Waals surface area contributed by atoms with Gasteiger partial charge in [-0.05, 0) is 6.42 Å². The van der Waals surface area contributed by atoms with Gasteiger partial charge in [-0.15, -0.1) is 0 Å². The van der Waals surface area contributed by atoms with Crippen LogP contribution in [0.25, 0.3) is 11.3 Å². The molecule has 0 saturated carbocycles. The van der Waals surface area contributed by atoms with Crippen LogP contribution in [0.4, 0.5) is 0 Å². The van der Waals surface area contributed by atoms with Crippen LogP contribution in [0.3, 0.4) is 0 Å². The van der Waals surface area contributed by atoms with Crippen LogP contribution in [0.1, 0.15) is 24.9 Å². The Morgan fingerprint density at radius 2 is 2.06 bits per heavy atom. The average Bonchev–Trinajstić information content (AvgIpc) is 2.80. The van der Waals surface area contributed by atoms with E-state index in [1.807, 2.05) is 30.3 Å². The van der Waals surface area contributed by atoms with Gasteiger partial charge in [0.05, 0.1) is 11.8 Å². The smallest absolute Gasteiger partial charge is 0.196 e.